The molecule has 1 aromatic heterocycles. The molecule has 0 fully saturated rings. The minimum Gasteiger partial charge on any atom is -0.464 e. The number of hydrogen-bond acceptors (Lipinski definition) is 5. The van der Waals surface area contributed by atoms with Crippen molar-refractivity contribution >= 4 is 11.7 Å². The van der Waals surface area contributed by atoms with Gasteiger partial charge < -0.3 is 15.1 Å². The maximum Gasteiger partial charge on any atom is 0.141 e. The second kappa shape index (κ2) is 9.21. The largest absolute Gasteiger partial charge is 0.464 e. The summed E-state index contributed by atoms with van der Waals surface area (Å²) in [6.07, 6.45) is 6.40. The molecule has 5 nitrogen and oxygen atoms in total. The van der Waals surface area contributed by atoms with Crippen LogP contribution in [0.1, 0.15) is 36.8 Å². The van der Waals surface area contributed by atoms with Crippen LogP contribution in [0.5, 0.6) is 0 Å². The average Bonchev–Trinajstić information content (AvgIpc) is 3.00. The Labute approximate surface area is 183 Å². The van der Waals surface area contributed by atoms with E-state index in [1.807, 2.05) is 6.07 Å². The van der Waals surface area contributed by atoms with E-state index in [9.17, 15) is 0 Å². The third-order valence-electron chi connectivity index (χ3n) is 5.85. The fraction of sp³-hybridized carbons (Fsp3) is 0.308. The molecule has 0 radical (unpaired) electrons. The maximum absolute atomic E-state index is 5.89. The number of nitrogens with one attached hydrogen (secondary N) is 2. The van der Waals surface area contributed by atoms with E-state index in [0.29, 0.717) is 0 Å². The zero-order valence-corrected chi connectivity index (χ0v) is 17.7. The summed E-state index contributed by atoms with van der Waals surface area (Å²) in [5, 5.41) is 6.88. The molecule has 0 bridgehead atoms. The summed E-state index contributed by atoms with van der Waals surface area (Å²) in [5.41, 5.74) is 5.56. The predicted molar refractivity (Wildman–Crippen MR) is 127 cm³/mol. The summed E-state index contributed by atoms with van der Waals surface area (Å²) in [6, 6.07) is 19.1. The van der Waals surface area contributed by atoms with Crippen molar-refractivity contribution in [1.82, 2.24) is 10.6 Å². The summed E-state index contributed by atoms with van der Waals surface area (Å²) in [7, 11) is 0. The highest BCUT2D eigenvalue weighted by molar-refractivity contribution is 6.00. The van der Waals surface area contributed by atoms with Crippen molar-refractivity contribution in [3.05, 3.63) is 72.0 Å². The van der Waals surface area contributed by atoms with Crippen LogP contribution in [0.2, 0.25) is 0 Å². The Bertz CT molecular complexity index is 991. The molecular formula is C26H28N4O. The summed E-state index contributed by atoms with van der Waals surface area (Å²) in [6.45, 7) is 3.77. The van der Waals surface area contributed by atoms with Crippen LogP contribution in [0.25, 0.3) is 22.5 Å². The first-order chi connectivity index (χ1) is 15.4. The quantitative estimate of drug-likeness (QED) is 0.642. The summed E-state index contributed by atoms with van der Waals surface area (Å²) < 4.78 is 5.89. The first-order valence-corrected chi connectivity index (χ1v) is 11.2. The average molecular weight is 413 g/mol. The zero-order valence-electron chi connectivity index (χ0n) is 17.7. The van der Waals surface area contributed by atoms with Crippen molar-refractivity contribution in [1.29, 1.82) is 0 Å². The van der Waals surface area contributed by atoms with Crippen LogP contribution in [0.4, 0.5) is 0 Å². The van der Waals surface area contributed by atoms with Crippen molar-refractivity contribution in [2.75, 3.05) is 26.2 Å². The maximum atomic E-state index is 5.89. The van der Waals surface area contributed by atoms with E-state index < -0.39 is 0 Å². The van der Waals surface area contributed by atoms with Crippen molar-refractivity contribution in [3.63, 3.8) is 0 Å². The lowest BCUT2D eigenvalue weighted by atomic mass is 10.00. The highest BCUT2D eigenvalue weighted by Crippen LogP contribution is 2.33. The number of furan rings is 1. The molecule has 31 heavy (non-hydrogen) atoms. The van der Waals surface area contributed by atoms with Gasteiger partial charge in [-0.3, -0.25) is 9.98 Å². The molecule has 5 rings (SSSR count). The van der Waals surface area contributed by atoms with Gasteiger partial charge in [0.2, 0.25) is 0 Å². The molecule has 3 aromatic rings. The van der Waals surface area contributed by atoms with Crippen molar-refractivity contribution in [2.45, 2.75) is 25.7 Å². The molecule has 2 aromatic carbocycles. The van der Waals surface area contributed by atoms with E-state index in [-0.39, 0.29) is 0 Å². The molecular weight excluding hydrogens is 384 g/mol. The summed E-state index contributed by atoms with van der Waals surface area (Å²) >= 11 is 0. The first-order valence-electron chi connectivity index (χ1n) is 11.2. The monoisotopic (exact) mass is 412 g/mol. The third kappa shape index (κ3) is 4.41. The van der Waals surface area contributed by atoms with Gasteiger partial charge in [0.25, 0.3) is 0 Å². The molecule has 3 heterocycles. The van der Waals surface area contributed by atoms with Crippen molar-refractivity contribution < 1.29 is 4.42 Å². The van der Waals surface area contributed by atoms with Crippen LogP contribution >= 0.6 is 0 Å². The SMILES string of the molecule is c1cc(-c2ccc(C3=NCCCCN3)cc2)c(-c2ccc(C3=NCCCCN3)cc2)o1. The Morgan fingerprint density at radius 3 is 1.68 bits per heavy atom. The zero-order chi connectivity index (χ0) is 20.9. The van der Waals surface area contributed by atoms with Gasteiger partial charge >= 0.3 is 0 Å². The van der Waals surface area contributed by atoms with Crippen LogP contribution in [0.3, 0.4) is 0 Å². The first kappa shape index (κ1) is 19.6. The molecule has 5 heteroatoms. The minimum absolute atomic E-state index is 0.889. The lowest BCUT2D eigenvalue weighted by Crippen LogP contribution is -2.24. The van der Waals surface area contributed by atoms with E-state index in [1.165, 1.54) is 12.8 Å². The number of rotatable bonds is 4. The molecule has 2 aliphatic rings. The van der Waals surface area contributed by atoms with Gasteiger partial charge in [-0.25, -0.2) is 0 Å². The smallest absolute Gasteiger partial charge is 0.141 e. The number of benzene rings is 2. The molecule has 0 atom stereocenters. The van der Waals surface area contributed by atoms with Crippen LogP contribution in [-0.4, -0.2) is 37.9 Å². The number of aliphatic imine (C=N–C) groups is 2. The summed E-state index contributed by atoms with van der Waals surface area (Å²) in [4.78, 5) is 9.35. The summed E-state index contributed by atoms with van der Waals surface area (Å²) in [5.74, 6) is 2.89. The van der Waals surface area contributed by atoms with Gasteiger partial charge in [-0.15, -0.1) is 0 Å². The molecule has 0 saturated carbocycles. The van der Waals surface area contributed by atoms with Gasteiger partial charge in [0.1, 0.15) is 17.4 Å². The molecule has 0 spiro atoms. The van der Waals surface area contributed by atoms with Crippen molar-refractivity contribution in [3.8, 4) is 22.5 Å². The van der Waals surface area contributed by atoms with E-state index in [0.717, 1.165) is 84.3 Å². The number of nitrogens with zero attached hydrogens (tertiary/aromatic N) is 2. The molecule has 0 aliphatic carbocycles. The van der Waals surface area contributed by atoms with E-state index in [1.54, 1.807) is 6.26 Å². The van der Waals surface area contributed by atoms with Gasteiger partial charge in [0, 0.05) is 48.4 Å². The van der Waals surface area contributed by atoms with Gasteiger partial charge in [-0.1, -0.05) is 48.5 Å². The highest BCUT2D eigenvalue weighted by atomic mass is 16.3. The Hall–Kier alpha value is -3.34. The minimum atomic E-state index is 0.889. The molecule has 0 amide bonds. The Kier molecular flexibility index (Phi) is 5.83. The second-order valence-electron chi connectivity index (χ2n) is 8.05. The van der Waals surface area contributed by atoms with E-state index >= 15 is 0 Å². The van der Waals surface area contributed by atoms with Gasteiger partial charge in [0.05, 0.1) is 6.26 Å². The topological polar surface area (TPSA) is 61.9 Å². The van der Waals surface area contributed by atoms with Crippen LogP contribution in [0, 0.1) is 0 Å². The third-order valence-corrected chi connectivity index (χ3v) is 5.85. The number of hydrogen-bond donors (Lipinski definition) is 2. The molecule has 0 unspecified atom stereocenters. The predicted octanol–water partition coefficient (Wildman–Crippen LogP) is 4.87. The van der Waals surface area contributed by atoms with Crippen LogP contribution < -0.4 is 10.6 Å². The normalized spacial score (nSPS) is 16.9. The van der Waals surface area contributed by atoms with Gasteiger partial charge in [-0.2, -0.15) is 0 Å². The van der Waals surface area contributed by atoms with Crippen LogP contribution in [-0.2, 0) is 0 Å². The molecule has 2 aliphatic heterocycles. The lowest BCUT2D eigenvalue weighted by Gasteiger charge is -2.10. The Balaban J connectivity index is 1.38. The highest BCUT2D eigenvalue weighted by Gasteiger charge is 2.14. The van der Waals surface area contributed by atoms with E-state index in [4.69, 9.17) is 4.42 Å². The fourth-order valence-electron chi connectivity index (χ4n) is 4.11. The van der Waals surface area contributed by atoms with Gasteiger partial charge in [-0.05, 0) is 37.3 Å². The standard InChI is InChI=1S/C26H28N4O/c1-2-15-28-25(27-14-1)21-9-5-19(6-10-21)23-13-18-31-24(23)20-7-11-22(12-8-20)26-29-16-3-4-17-30-26/h5-13,18H,1-4,14-17H2,(H,27,28)(H,29,30). The second-order valence-corrected chi connectivity index (χ2v) is 8.05. The molecule has 158 valence electrons. The van der Waals surface area contributed by atoms with Gasteiger partial charge in [0.15, 0.2) is 0 Å². The van der Waals surface area contributed by atoms with E-state index in [2.05, 4.69) is 69.1 Å². The molecule has 0 saturated heterocycles. The Morgan fingerprint density at radius 2 is 1.10 bits per heavy atom. The number of amidine groups is 2. The lowest BCUT2D eigenvalue weighted by molar-refractivity contribution is 0.583. The Morgan fingerprint density at radius 1 is 0.581 bits per heavy atom. The fourth-order valence-corrected chi connectivity index (χ4v) is 4.11. The van der Waals surface area contributed by atoms with Crippen LogP contribution in [0.15, 0.2) is 75.3 Å². The van der Waals surface area contributed by atoms with Crippen molar-refractivity contribution in [2.24, 2.45) is 9.98 Å². The molecule has 2 N–H and O–H groups in total.